The fourth-order valence-electron chi connectivity index (χ4n) is 1.45. The maximum absolute atomic E-state index is 11.8. The van der Waals surface area contributed by atoms with Gasteiger partial charge in [-0.05, 0) is 12.1 Å². The van der Waals surface area contributed by atoms with Crippen LogP contribution in [0.4, 0.5) is 0 Å². The molecule has 16 heavy (non-hydrogen) atoms. The molecule has 1 aromatic rings. The van der Waals surface area contributed by atoms with Crippen molar-refractivity contribution in [3.05, 3.63) is 35.4 Å². The van der Waals surface area contributed by atoms with Gasteiger partial charge in [-0.3, -0.25) is 4.79 Å². The minimum atomic E-state index is -1.08. The highest BCUT2D eigenvalue weighted by atomic mass is 32.2. The van der Waals surface area contributed by atoms with E-state index in [0.717, 1.165) is 11.5 Å². The largest absolute Gasteiger partial charge is 0.478 e. The Hall–Kier alpha value is -1.49. The second-order valence-corrected chi connectivity index (χ2v) is 4.63. The fraction of sp³-hybridized carbons (Fsp3) is 0.273. The van der Waals surface area contributed by atoms with Gasteiger partial charge in [0.15, 0.2) is 0 Å². The molecule has 1 aliphatic heterocycles. The first-order valence-electron chi connectivity index (χ1n) is 4.89. The van der Waals surface area contributed by atoms with Crippen LogP contribution < -0.4 is 5.32 Å². The first-order valence-corrected chi connectivity index (χ1v) is 6.05. The van der Waals surface area contributed by atoms with Crippen molar-refractivity contribution in [1.29, 1.82) is 0 Å². The molecule has 5 heteroatoms. The number of carbonyl (C=O) groups is 2. The van der Waals surface area contributed by atoms with E-state index in [4.69, 9.17) is 5.11 Å². The lowest BCUT2D eigenvalue weighted by molar-refractivity contribution is 0.0690. The lowest BCUT2D eigenvalue weighted by atomic mass is 10.1. The van der Waals surface area contributed by atoms with Crippen molar-refractivity contribution in [2.75, 3.05) is 11.5 Å². The Balaban J connectivity index is 2.18. The zero-order chi connectivity index (χ0) is 11.5. The van der Waals surface area contributed by atoms with E-state index in [1.165, 1.54) is 12.1 Å². The van der Waals surface area contributed by atoms with Gasteiger partial charge in [0.1, 0.15) is 0 Å². The number of carbonyl (C=O) groups excluding carboxylic acids is 1. The lowest BCUT2D eigenvalue weighted by Crippen LogP contribution is -2.44. The quantitative estimate of drug-likeness (QED) is 0.829. The normalized spacial score (nSPS) is 15.2. The van der Waals surface area contributed by atoms with Gasteiger partial charge in [0, 0.05) is 17.5 Å². The Bertz CT molecular complexity index is 429. The number of amides is 1. The second kappa shape index (κ2) is 4.57. The van der Waals surface area contributed by atoms with Gasteiger partial charge in [-0.25, -0.2) is 4.79 Å². The average molecular weight is 237 g/mol. The number of carboxylic acid groups (broad SMARTS) is 1. The van der Waals surface area contributed by atoms with Crippen LogP contribution in [-0.2, 0) is 0 Å². The average Bonchev–Trinajstić information content (AvgIpc) is 2.23. The monoisotopic (exact) mass is 237 g/mol. The zero-order valence-electron chi connectivity index (χ0n) is 8.47. The van der Waals surface area contributed by atoms with E-state index in [1.807, 2.05) is 0 Å². The number of hydrogen-bond acceptors (Lipinski definition) is 3. The van der Waals surface area contributed by atoms with E-state index in [1.54, 1.807) is 23.9 Å². The highest BCUT2D eigenvalue weighted by Gasteiger charge is 2.23. The molecule has 0 unspecified atom stereocenters. The summed E-state index contributed by atoms with van der Waals surface area (Å²) in [5.41, 5.74) is 0.277. The van der Waals surface area contributed by atoms with Gasteiger partial charge in [-0.15, -0.1) is 0 Å². The van der Waals surface area contributed by atoms with Crippen molar-refractivity contribution < 1.29 is 14.7 Å². The summed E-state index contributed by atoms with van der Waals surface area (Å²) in [5.74, 6) is 0.430. The molecule has 1 saturated heterocycles. The van der Waals surface area contributed by atoms with E-state index in [9.17, 15) is 9.59 Å². The van der Waals surface area contributed by atoms with E-state index in [0.29, 0.717) is 0 Å². The van der Waals surface area contributed by atoms with E-state index < -0.39 is 5.97 Å². The summed E-state index contributed by atoms with van der Waals surface area (Å²) in [5, 5.41) is 11.7. The summed E-state index contributed by atoms with van der Waals surface area (Å²) in [6.07, 6.45) is 0. The van der Waals surface area contributed by atoms with Crippen molar-refractivity contribution in [3.8, 4) is 0 Å². The molecule has 0 saturated carbocycles. The molecule has 0 aromatic heterocycles. The van der Waals surface area contributed by atoms with Gasteiger partial charge >= 0.3 is 5.97 Å². The molecule has 0 aliphatic carbocycles. The third-order valence-corrected chi connectivity index (χ3v) is 3.65. The molecule has 2 rings (SSSR count). The van der Waals surface area contributed by atoms with Crippen LogP contribution in [0.1, 0.15) is 20.7 Å². The highest BCUT2D eigenvalue weighted by molar-refractivity contribution is 8.00. The number of rotatable bonds is 3. The van der Waals surface area contributed by atoms with Crippen LogP contribution in [0.3, 0.4) is 0 Å². The first kappa shape index (κ1) is 11.0. The summed E-state index contributed by atoms with van der Waals surface area (Å²) in [6, 6.07) is 6.42. The van der Waals surface area contributed by atoms with Crippen LogP contribution in [0.2, 0.25) is 0 Å². The molecule has 1 fully saturated rings. The van der Waals surface area contributed by atoms with Crippen molar-refractivity contribution in [3.63, 3.8) is 0 Å². The molecular weight excluding hydrogens is 226 g/mol. The van der Waals surface area contributed by atoms with Crippen molar-refractivity contribution in [2.24, 2.45) is 0 Å². The molecule has 1 amide bonds. The third-order valence-electron chi connectivity index (χ3n) is 2.38. The van der Waals surface area contributed by atoms with Crippen molar-refractivity contribution in [1.82, 2.24) is 5.32 Å². The zero-order valence-corrected chi connectivity index (χ0v) is 9.29. The lowest BCUT2D eigenvalue weighted by Gasteiger charge is -2.26. The molecule has 1 aromatic carbocycles. The minimum absolute atomic E-state index is 0.0481. The summed E-state index contributed by atoms with van der Waals surface area (Å²) < 4.78 is 0. The molecule has 1 heterocycles. The SMILES string of the molecule is O=C(O)c1ccccc1C(=O)NC1CSC1. The number of thioether (sulfide) groups is 1. The van der Waals surface area contributed by atoms with Gasteiger partial charge in [-0.1, -0.05) is 12.1 Å². The number of aromatic carboxylic acids is 1. The van der Waals surface area contributed by atoms with Gasteiger partial charge in [-0.2, -0.15) is 11.8 Å². The third kappa shape index (κ3) is 2.19. The maximum Gasteiger partial charge on any atom is 0.336 e. The topological polar surface area (TPSA) is 66.4 Å². The van der Waals surface area contributed by atoms with E-state index in [2.05, 4.69) is 5.32 Å². The Morgan fingerprint density at radius 3 is 2.38 bits per heavy atom. The number of hydrogen-bond donors (Lipinski definition) is 2. The summed E-state index contributed by atoms with van der Waals surface area (Å²) in [6.45, 7) is 0. The standard InChI is InChI=1S/C11H11NO3S/c13-10(12-7-5-16-6-7)8-3-1-2-4-9(8)11(14)15/h1-4,7H,5-6H2,(H,12,13)(H,14,15). The van der Waals surface area contributed by atoms with Crippen molar-refractivity contribution in [2.45, 2.75) is 6.04 Å². The Kier molecular flexibility index (Phi) is 3.14. The smallest absolute Gasteiger partial charge is 0.336 e. The van der Waals surface area contributed by atoms with Crippen LogP contribution in [0, 0.1) is 0 Å². The minimum Gasteiger partial charge on any atom is -0.478 e. The van der Waals surface area contributed by atoms with E-state index in [-0.39, 0.29) is 23.1 Å². The molecule has 2 N–H and O–H groups in total. The first-order chi connectivity index (χ1) is 7.68. The maximum atomic E-state index is 11.8. The number of nitrogens with one attached hydrogen (secondary N) is 1. The van der Waals surface area contributed by atoms with Gasteiger partial charge in [0.05, 0.1) is 11.1 Å². The second-order valence-electron chi connectivity index (χ2n) is 3.56. The van der Waals surface area contributed by atoms with Crippen LogP contribution in [0.15, 0.2) is 24.3 Å². The van der Waals surface area contributed by atoms with Crippen molar-refractivity contribution >= 4 is 23.6 Å². The molecule has 0 spiro atoms. The van der Waals surface area contributed by atoms with Gasteiger partial charge in [0.25, 0.3) is 5.91 Å². The molecule has 4 nitrogen and oxygen atoms in total. The molecule has 0 bridgehead atoms. The van der Waals surface area contributed by atoms with E-state index >= 15 is 0 Å². The summed E-state index contributed by atoms with van der Waals surface area (Å²) >= 11 is 1.76. The molecule has 0 radical (unpaired) electrons. The molecule has 0 atom stereocenters. The molecule has 84 valence electrons. The Labute approximate surface area is 97.0 Å². The number of carboxylic acids is 1. The predicted octanol–water partition coefficient (Wildman–Crippen LogP) is 1.23. The number of benzene rings is 1. The summed E-state index contributed by atoms with van der Waals surface area (Å²) in [4.78, 5) is 22.7. The fourth-order valence-corrected chi connectivity index (χ4v) is 2.09. The van der Waals surface area contributed by atoms with Gasteiger partial charge in [0.2, 0.25) is 0 Å². The molecular formula is C11H11NO3S. The Morgan fingerprint density at radius 1 is 1.25 bits per heavy atom. The predicted molar refractivity (Wildman–Crippen MR) is 62.0 cm³/mol. The van der Waals surface area contributed by atoms with Crippen LogP contribution in [-0.4, -0.2) is 34.5 Å². The Morgan fingerprint density at radius 2 is 1.88 bits per heavy atom. The summed E-state index contributed by atoms with van der Waals surface area (Å²) in [7, 11) is 0. The van der Waals surface area contributed by atoms with Crippen LogP contribution in [0.5, 0.6) is 0 Å². The van der Waals surface area contributed by atoms with Gasteiger partial charge < -0.3 is 10.4 Å². The highest BCUT2D eigenvalue weighted by Crippen LogP contribution is 2.18. The van der Waals surface area contributed by atoms with Crippen LogP contribution >= 0.6 is 11.8 Å². The van der Waals surface area contributed by atoms with Crippen LogP contribution in [0.25, 0.3) is 0 Å². The molecule has 1 aliphatic rings.